The lowest BCUT2D eigenvalue weighted by molar-refractivity contribution is 0.282. The van der Waals surface area contributed by atoms with Crippen LogP contribution in [0.25, 0.3) is 0 Å². The monoisotopic (exact) mass is 206 g/mol. The lowest BCUT2D eigenvalue weighted by Crippen LogP contribution is -2.38. The highest BCUT2D eigenvalue weighted by Gasteiger charge is 2.11. The van der Waals surface area contributed by atoms with Crippen molar-refractivity contribution in [3.05, 3.63) is 29.8 Å². The third kappa shape index (κ3) is 2.94. The van der Waals surface area contributed by atoms with Crippen molar-refractivity contribution in [2.75, 3.05) is 18.4 Å². The SMILES string of the molecule is OCc1cccc(NC2CCCNC2)c1. The number of nitrogens with one attached hydrogen (secondary N) is 2. The first-order valence-corrected chi connectivity index (χ1v) is 5.55. The summed E-state index contributed by atoms with van der Waals surface area (Å²) in [5, 5.41) is 15.9. The van der Waals surface area contributed by atoms with Gasteiger partial charge in [-0.2, -0.15) is 0 Å². The zero-order valence-corrected chi connectivity index (χ0v) is 8.87. The molecule has 0 radical (unpaired) electrons. The van der Waals surface area contributed by atoms with E-state index in [0.717, 1.165) is 24.3 Å². The Morgan fingerprint density at radius 2 is 2.40 bits per heavy atom. The van der Waals surface area contributed by atoms with Crippen LogP contribution in [0.3, 0.4) is 0 Å². The zero-order chi connectivity index (χ0) is 10.5. The van der Waals surface area contributed by atoms with Crippen molar-refractivity contribution in [1.82, 2.24) is 5.32 Å². The van der Waals surface area contributed by atoms with Crippen molar-refractivity contribution in [1.29, 1.82) is 0 Å². The predicted molar refractivity (Wildman–Crippen MR) is 61.9 cm³/mol. The molecular weight excluding hydrogens is 188 g/mol. The molecule has 0 aromatic heterocycles. The molecule has 82 valence electrons. The Hall–Kier alpha value is -1.06. The molecule has 3 N–H and O–H groups in total. The van der Waals surface area contributed by atoms with Crippen LogP contribution >= 0.6 is 0 Å². The summed E-state index contributed by atoms with van der Waals surface area (Å²) < 4.78 is 0. The fraction of sp³-hybridized carbons (Fsp3) is 0.500. The summed E-state index contributed by atoms with van der Waals surface area (Å²) in [7, 11) is 0. The normalized spacial score (nSPS) is 21.3. The number of rotatable bonds is 3. The van der Waals surface area contributed by atoms with E-state index in [1.807, 2.05) is 24.3 Å². The summed E-state index contributed by atoms with van der Waals surface area (Å²) in [6, 6.07) is 8.49. The molecule has 1 atom stereocenters. The molecule has 1 unspecified atom stereocenters. The van der Waals surface area contributed by atoms with Gasteiger partial charge in [0, 0.05) is 18.3 Å². The van der Waals surface area contributed by atoms with Gasteiger partial charge in [0.15, 0.2) is 0 Å². The number of hydrogen-bond donors (Lipinski definition) is 3. The average Bonchev–Trinajstić information content (AvgIpc) is 2.31. The summed E-state index contributed by atoms with van der Waals surface area (Å²) in [6.45, 7) is 2.27. The van der Waals surface area contributed by atoms with Gasteiger partial charge in [-0.15, -0.1) is 0 Å². The predicted octanol–water partition coefficient (Wildman–Crippen LogP) is 1.34. The van der Waals surface area contributed by atoms with E-state index in [0.29, 0.717) is 6.04 Å². The molecule has 1 aliphatic heterocycles. The van der Waals surface area contributed by atoms with Crippen LogP contribution in [0, 0.1) is 0 Å². The van der Waals surface area contributed by atoms with E-state index >= 15 is 0 Å². The number of piperidine rings is 1. The second-order valence-corrected chi connectivity index (χ2v) is 4.05. The van der Waals surface area contributed by atoms with Crippen LogP contribution in [0.1, 0.15) is 18.4 Å². The van der Waals surface area contributed by atoms with E-state index in [2.05, 4.69) is 10.6 Å². The van der Waals surface area contributed by atoms with Crippen LogP contribution in [-0.4, -0.2) is 24.2 Å². The van der Waals surface area contributed by atoms with Crippen molar-refractivity contribution in [3.63, 3.8) is 0 Å². The summed E-state index contributed by atoms with van der Waals surface area (Å²) in [4.78, 5) is 0. The Bertz CT molecular complexity index is 308. The number of aliphatic hydroxyl groups is 1. The summed E-state index contributed by atoms with van der Waals surface area (Å²) in [5.74, 6) is 0. The molecule has 0 spiro atoms. The van der Waals surface area contributed by atoms with E-state index in [-0.39, 0.29) is 6.61 Å². The Morgan fingerprint density at radius 1 is 1.47 bits per heavy atom. The van der Waals surface area contributed by atoms with Gasteiger partial charge in [-0.1, -0.05) is 12.1 Å². The first-order chi connectivity index (χ1) is 7.38. The van der Waals surface area contributed by atoms with Gasteiger partial charge >= 0.3 is 0 Å². The van der Waals surface area contributed by atoms with Crippen LogP contribution in [0.15, 0.2) is 24.3 Å². The van der Waals surface area contributed by atoms with E-state index in [9.17, 15) is 0 Å². The first kappa shape index (κ1) is 10.5. The smallest absolute Gasteiger partial charge is 0.0682 e. The molecule has 0 saturated carbocycles. The van der Waals surface area contributed by atoms with Crippen LogP contribution < -0.4 is 10.6 Å². The highest BCUT2D eigenvalue weighted by Crippen LogP contribution is 2.14. The number of benzene rings is 1. The van der Waals surface area contributed by atoms with Gasteiger partial charge in [-0.3, -0.25) is 0 Å². The third-order valence-corrected chi connectivity index (χ3v) is 2.78. The lowest BCUT2D eigenvalue weighted by Gasteiger charge is -2.24. The molecule has 0 amide bonds. The van der Waals surface area contributed by atoms with Crippen molar-refractivity contribution >= 4 is 5.69 Å². The second-order valence-electron chi connectivity index (χ2n) is 4.05. The maximum Gasteiger partial charge on any atom is 0.0682 e. The number of hydrogen-bond acceptors (Lipinski definition) is 3. The average molecular weight is 206 g/mol. The second kappa shape index (κ2) is 5.14. The van der Waals surface area contributed by atoms with Crippen molar-refractivity contribution in [2.24, 2.45) is 0 Å². The van der Waals surface area contributed by atoms with Crippen LogP contribution in [-0.2, 0) is 6.61 Å². The fourth-order valence-corrected chi connectivity index (χ4v) is 1.97. The van der Waals surface area contributed by atoms with Gasteiger partial charge in [0.05, 0.1) is 6.61 Å². The molecule has 1 aliphatic rings. The molecule has 3 heteroatoms. The Morgan fingerprint density at radius 3 is 3.13 bits per heavy atom. The highest BCUT2D eigenvalue weighted by molar-refractivity contribution is 5.46. The summed E-state index contributed by atoms with van der Waals surface area (Å²) >= 11 is 0. The standard InChI is InChI=1S/C12H18N2O/c15-9-10-3-1-4-11(7-10)14-12-5-2-6-13-8-12/h1,3-4,7,12-15H,2,5-6,8-9H2. The maximum absolute atomic E-state index is 9.03. The van der Waals surface area contributed by atoms with Gasteiger partial charge < -0.3 is 15.7 Å². The maximum atomic E-state index is 9.03. The largest absolute Gasteiger partial charge is 0.392 e. The van der Waals surface area contributed by atoms with Crippen molar-refractivity contribution in [3.8, 4) is 0 Å². The van der Waals surface area contributed by atoms with E-state index < -0.39 is 0 Å². The Kier molecular flexibility index (Phi) is 3.59. The van der Waals surface area contributed by atoms with E-state index in [4.69, 9.17) is 5.11 Å². The van der Waals surface area contributed by atoms with Crippen molar-refractivity contribution in [2.45, 2.75) is 25.5 Å². The van der Waals surface area contributed by atoms with E-state index in [1.165, 1.54) is 12.8 Å². The Balaban J connectivity index is 1.96. The molecule has 2 rings (SSSR count). The molecule has 15 heavy (non-hydrogen) atoms. The topological polar surface area (TPSA) is 44.3 Å². The fourth-order valence-electron chi connectivity index (χ4n) is 1.97. The number of anilines is 1. The molecule has 1 saturated heterocycles. The van der Waals surface area contributed by atoms with Crippen LogP contribution in [0.5, 0.6) is 0 Å². The van der Waals surface area contributed by atoms with Crippen molar-refractivity contribution < 1.29 is 5.11 Å². The molecule has 0 aliphatic carbocycles. The molecule has 1 aromatic carbocycles. The van der Waals surface area contributed by atoms with E-state index in [1.54, 1.807) is 0 Å². The van der Waals surface area contributed by atoms with Crippen LogP contribution in [0.4, 0.5) is 5.69 Å². The minimum absolute atomic E-state index is 0.110. The quantitative estimate of drug-likeness (QED) is 0.699. The highest BCUT2D eigenvalue weighted by atomic mass is 16.3. The van der Waals surface area contributed by atoms with Gasteiger partial charge in [0.25, 0.3) is 0 Å². The molecule has 1 fully saturated rings. The molecule has 1 aromatic rings. The zero-order valence-electron chi connectivity index (χ0n) is 8.87. The number of aliphatic hydroxyl groups excluding tert-OH is 1. The van der Waals surface area contributed by atoms with Gasteiger partial charge in [0.2, 0.25) is 0 Å². The van der Waals surface area contributed by atoms with Gasteiger partial charge in [0.1, 0.15) is 0 Å². The summed E-state index contributed by atoms with van der Waals surface area (Å²) in [5.41, 5.74) is 2.07. The molecule has 0 bridgehead atoms. The summed E-state index contributed by atoms with van der Waals surface area (Å²) in [6.07, 6.45) is 2.45. The molecular formula is C12H18N2O. The molecule has 1 heterocycles. The van der Waals surface area contributed by atoms with Gasteiger partial charge in [-0.25, -0.2) is 0 Å². The molecule has 3 nitrogen and oxygen atoms in total. The minimum atomic E-state index is 0.110. The minimum Gasteiger partial charge on any atom is -0.392 e. The lowest BCUT2D eigenvalue weighted by atomic mass is 10.1. The van der Waals surface area contributed by atoms with Gasteiger partial charge in [-0.05, 0) is 37.1 Å². The third-order valence-electron chi connectivity index (χ3n) is 2.78. The first-order valence-electron chi connectivity index (χ1n) is 5.55. The Labute approximate surface area is 90.5 Å². The van der Waals surface area contributed by atoms with Crippen LogP contribution in [0.2, 0.25) is 0 Å².